The summed E-state index contributed by atoms with van der Waals surface area (Å²) in [4.78, 5) is 38.0. The normalized spacial score (nSPS) is 13.4. The lowest BCUT2D eigenvalue weighted by Gasteiger charge is -2.26. The van der Waals surface area contributed by atoms with Gasteiger partial charge in [0.05, 0.1) is 13.0 Å². The summed E-state index contributed by atoms with van der Waals surface area (Å²) in [6.07, 6.45) is 0.358. The van der Waals surface area contributed by atoms with Gasteiger partial charge in [-0.2, -0.15) is 11.8 Å². The van der Waals surface area contributed by atoms with Crippen molar-refractivity contribution in [1.29, 1.82) is 0 Å². The molecule has 3 N–H and O–H groups in total. The van der Waals surface area contributed by atoms with Crippen LogP contribution in [0.1, 0.15) is 5.56 Å². The Balaban J connectivity index is 1.41. The Kier molecular flexibility index (Phi) is 7.52. The van der Waals surface area contributed by atoms with Crippen LogP contribution < -0.4 is 16.0 Å². The third-order valence-electron chi connectivity index (χ3n) is 4.40. The first kappa shape index (κ1) is 20.7. The van der Waals surface area contributed by atoms with Gasteiger partial charge in [-0.1, -0.05) is 30.3 Å². The van der Waals surface area contributed by atoms with Crippen LogP contribution in [0.4, 0.5) is 16.2 Å². The topological polar surface area (TPSA) is 90.5 Å². The summed E-state index contributed by atoms with van der Waals surface area (Å²) >= 11 is 1.87. The number of urea groups is 1. The molecular weight excluding hydrogens is 388 g/mol. The van der Waals surface area contributed by atoms with Crippen LogP contribution in [0.5, 0.6) is 0 Å². The predicted octanol–water partition coefficient (Wildman–Crippen LogP) is 2.56. The van der Waals surface area contributed by atoms with E-state index in [4.69, 9.17) is 0 Å². The third-order valence-corrected chi connectivity index (χ3v) is 5.34. The first-order valence-corrected chi connectivity index (χ1v) is 10.6. The second-order valence-corrected chi connectivity index (χ2v) is 7.81. The van der Waals surface area contributed by atoms with Crippen molar-refractivity contribution >= 4 is 41.0 Å². The standard InChI is InChI=1S/C21H24N4O3S/c26-19(23-17-4-2-1-3-5-17)15-22-21(28)24-18-8-6-16(7-9-18)14-20(27)25-10-12-29-13-11-25/h1-9H,10-15H2,(H,23,26)(H2,22,24,28). The highest BCUT2D eigenvalue weighted by atomic mass is 32.2. The number of para-hydroxylation sites is 1. The molecule has 29 heavy (non-hydrogen) atoms. The van der Waals surface area contributed by atoms with Crippen LogP contribution in [-0.2, 0) is 16.0 Å². The lowest BCUT2D eigenvalue weighted by Crippen LogP contribution is -2.38. The molecule has 7 nitrogen and oxygen atoms in total. The highest BCUT2D eigenvalue weighted by Gasteiger charge is 2.16. The number of anilines is 2. The first-order valence-electron chi connectivity index (χ1n) is 9.44. The van der Waals surface area contributed by atoms with Crippen LogP contribution in [0.2, 0.25) is 0 Å². The molecule has 8 heteroatoms. The molecular formula is C21H24N4O3S. The summed E-state index contributed by atoms with van der Waals surface area (Å²) in [5.41, 5.74) is 2.17. The maximum Gasteiger partial charge on any atom is 0.319 e. The van der Waals surface area contributed by atoms with Crippen LogP contribution in [0.3, 0.4) is 0 Å². The van der Waals surface area contributed by atoms with Crippen molar-refractivity contribution in [1.82, 2.24) is 10.2 Å². The van der Waals surface area contributed by atoms with E-state index in [0.717, 1.165) is 30.2 Å². The van der Waals surface area contributed by atoms with Gasteiger partial charge in [0.2, 0.25) is 11.8 Å². The lowest BCUT2D eigenvalue weighted by molar-refractivity contribution is -0.130. The SMILES string of the molecule is O=C(CNC(=O)Nc1ccc(CC(=O)N2CCSCC2)cc1)Nc1ccccc1. The van der Waals surface area contributed by atoms with E-state index in [1.807, 2.05) is 47.0 Å². The molecule has 3 rings (SSSR count). The molecule has 2 aromatic rings. The predicted molar refractivity (Wildman–Crippen MR) is 116 cm³/mol. The number of hydrogen-bond donors (Lipinski definition) is 3. The first-order chi connectivity index (χ1) is 14.1. The second kappa shape index (κ2) is 10.5. The molecule has 0 radical (unpaired) electrons. The molecule has 0 aromatic heterocycles. The molecule has 1 aliphatic rings. The van der Waals surface area contributed by atoms with Crippen molar-refractivity contribution < 1.29 is 14.4 Å². The summed E-state index contributed by atoms with van der Waals surface area (Å²) in [7, 11) is 0. The van der Waals surface area contributed by atoms with Crippen LogP contribution in [0.15, 0.2) is 54.6 Å². The minimum atomic E-state index is -0.470. The van der Waals surface area contributed by atoms with Crippen LogP contribution in [-0.4, -0.2) is 53.9 Å². The third kappa shape index (κ3) is 6.83. The van der Waals surface area contributed by atoms with Crippen molar-refractivity contribution in [2.75, 3.05) is 41.8 Å². The molecule has 2 aromatic carbocycles. The fraction of sp³-hybridized carbons (Fsp3) is 0.286. The second-order valence-electron chi connectivity index (χ2n) is 6.59. The summed E-state index contributed by atoms with van der Waals surface area (Å²) in [6, 6.07) is 15.7. The van der Waals surface area contributed by atoms with E-state index < -0.39 is 6.03 Å². The van der Waals surface area contributed by atoms with Gasteiger partial charge < -0.3 is 20.9 Å². The fourth-order valence-corrected chi connectivity index (χ4v) is 3.77. The van der Waals surface area contributed by atoms with E-state index in [-0.39, 0.29) is 18.4 Å². The number of carbonyl (C=O) groups excluding carboxylic acids is 3. The number of nitrogens with one attached hydrogen (secondary N) is 3. The summed E-state index contributed by atoms with van der Waals surface area (Å²) in [6.45, 7) is 1.48. The van der Waals surface area contributed by atoms with Crippen molar-refractivity contribution in [2.24, 2.45) is 0 Å². The largest absolute Gasteiger partial charge is 0.341 e. The monoisotopic (exact) mass is 412 g/mol. The molecule has 1 aliphatic heterocycles. The zero-order valence-electron chi connectivity index (χ0n) is 16.0. The minimum absolute atomic E-state index is 0.133. The summed E-state index contributed by atoms with van der Waals surface area (Å²) in [5, 5.41) is 7.89. The van der Waals surface area contributed by atoms with Gasteiger partial charge in [0, 0.05) is 36.0 Å². The minimum Gasteiger partial charge on any atom is -0.341 e. The molecule has 0 saturated carbocycles. The molecule has 0 spiro atoms. The van der Waals surface area contributed by atoms with E-state index >= 15 is 0 Å². The quantitative estimate of drug-likeness (QED) is 0.680. The molecule has 0 bridgehead atoms. The Hall–Kier alpha value is -3.00. The van der Waals surface area contributed by atoms with Gasteiger partial charge in [0.15, 0.2) is 0 Å². The van der Waals surface area contributed by atoms with Gasteiger partial charge in [-0.3, -0.25) is 9.59 Å². The van der Waals surface area contributed by atoms with E-state index in [1.165, 1.54) is 0 Å². The Bertz CT molecular complexity index is 837. The fourth-order valence-electron chi connectivity index (χ4n) is 2.87. The van der Waals surface area contributed by atoms with Gasteiger partial charge in [-0.25, -0.2) is 4.79 Å². The maximum absolute atomic E-state index is 12.3. The highest BCUT2D eigenvalue weighted by molar-refractivity contribution is 7.99. The number of amides is 4. The van der Waals surface area contributed by atoms with E-state index in [2.05, 4.69) is 16.0 Å². The zero-order chi connectivity index (χ0) is 20.5. The Labute approximate surface area is 174 Å². The van der Waals surface area contributed by atoms with Gasteiger partial charge in [0.1, 0.15) is 0 Å². The van der Waals surface area contributed by atoms with Crippen molar-refractivity contribution in [3.8, 4) is 0 Å². The lowest BCUT2D eigenvalue weighted by atomic mass is 10.1. The van der Waals surface area contributed by atoms with Crippen LogP contribution in [0, 0.1) is 0 Å². The maximum atomic E-state index is 12.3. The van der Waals surface area contributed by atoms with Gasteiger partial charge in [0.25, 0.3) is 0 Å². The Morgan fingerprint density at radius 2 is 1.52 bits per heavy atom. The molecule has 0 unspecified atom stereocenters. The summed E-state index contributed by atoms with van der Waals surface area (Å²) < 4.78 is 0. The number of hydrogen-bond acceptors (Lipinski definition) is 4. The molecule has 152 valence electrons. The van der Waals surface area contributed by atoms with Crippen LogP contribution in [0.25, 0.3) is 0 Å². The molecule has 4 amide bonds. The smallest absolute Gasteiger partial charge is 0.319 e. The summed E-state index contributed by atoms with van der Waals surface area (Å²) in [5.74, 6) is 1.81. The molecule has 1 fully saturated rings. The number of benzene rings is 2. The number of rotatable bonds is 6. The van der Waals surface area contributed by atoms with Gasteiger partial charge >= 0.3 is 6.03 Å². The Morgan fingerprint density at radius 1 is 0.862 bits per heavy atom. The van der Waals surface area contributed by atoms with Crippen molar-refractivity contribution in [3.05, 3.63) is 60.2 Å². The molecule has 1 saturated heterocycles. The molecule has 0 atom stereocenters. The average molecular weight is 413 g/mol. The van der Waals surface area contributed by atoms with E-state index in [1.54, 1.807) is 24.3 Å². The van der Waals surface area contributed by atoms with E-state index in [0.29, 0.717) is 17.8 Å². The Morgan fingerprint density at radius 3 is 2.21 bits per heavy atom. The van der Waals surface area contributed by atoms with Crippen molar-refractivity contribution in [2.45, 2.75) is 6.42 Å². The molecule has 0 aliphatic carbocycles. The van der Waals surface area contributed by atoms with Crippen molar-refractivity contribution in [3.63, 3.8) is 0 Å². The number of thioether (sulfide) groups is 1. The number of nitrogens with zero attached hydrogens (tertiary/aromatic N) is 1. The molecule has 1 heterocycles. The average Bonchev–Trinajstić information content (AvgIpc) is 2.75. The van der Waals surface area contributed by atoms with Gasteiger partial charge in [-0.05, 0) is 29.8 Å². The number of carbonyl (C=O) groups is 3. The van der Waals surface area contributed by atoms with Gasteiger partial charge in [-0.15, -0.1) is 0 Å². The van der Waals surface area contributed by atoms with Crippen LogP contribution >= 0.6 is 11.8 Å². The van der Waals surface area contributed by atoms with E-state index in [9.17, 15) is 14.4 Å². The highest BCUT2D eigenvalue weighted by Crippen LogP contribution is 2.14. The zero-order valence-corrected chi connectivity index (χ0v) is 16.8.